The van der Waals surface area contributed by atoms with Crippen molar-refractivity contribution in [1.82, 2.24) is 15.6 Å². The Labute approximate surface area is 241 Å². The topological polar surface area (TPSA) is 151 Å². The molecule has 1 aromatic heterocycles. The Morgan fingerprint density at radius 2 is 1.74 bits per heavy atom. The molecule has 10 nitrogen and oxygen atoms in total. The summed E-state index contributed by atoms with van der Waals surface area (Å²) >= 11 is 0. The van der Waals surface area contributed by atoms with Crippen LogP contribution in [0.25, 0.3) is 22.2 Å². The Morgan fingerprint density at radius 1 is 0.976 bits per heavy atom. The number of aliphatic hydroxyl groups excluding tert-OH is 1. The lowest BCUT2D eigenvalue weighted by Crippen LogP contribution is -2.39. The second kappa shape index (κ2) is 13.0. The molecule has 0 unspecified atom stereocenters. The first kappa shape index (κ1) is 28.3. The summed E-state index contributed by atoms with van der Waals surface area (Å²) in [5.41, 5.74) is 6.70. The molecule has 0 fully saturated rings. The van der Waals surface area contributed by atoms with Crippen LogP contribution in [-0.4, -0.2) is 39.1 Å². The first-order valence-corrected chi connectivity index (χ1v) is 13.2. The van der Waals surface area contributed by atoms with Crippen LogP contribution in [0.4, 0.5) is 0 Å². The summed E-state index contributed by atoms with van der Waals surface area (Å²) in [5.74, 6) is -0.465. The Hall–Kier alpha value is -5.24. The number of nitrogens with zero attached hydrogens (tertiary/aromatic N) is 3. The van der Waals surface area contributed by atoms with Gasteiger partial charge in [0.1, 0.15) is 30.5 Å². The van der Waals surface area contributed by atoms with Gasteiger partial charge in [0.15, 0.2) is 11.3 Å². The second-order valence-corrected chi connectivity index (χ2v) is 9.61. The summed E-state index contributed by atoms with van der Waals surface area (Å²) in [4.78, 5) is 11.5. The number of rotatable bonds is 12. The van der Waals surface area contributed by atoms with Crippen molar-refractivity contribution in [3.8, 4) is 28.7 Å². The largest absolute Gasteiger partial charge is 0.488 e. The van der Waals surface area contributed by atoms with Crippen LogP contribution in [0.3, 0.4) is 0 Å². The van der Waals surface area contributed by atoms with Crippen LogP contribution < -0.4 is 14.8 Å². The number of hydrogen-bond acceptors (Lipinski definition) is 9. The fraction of sp³-hybridized carbons (Fsp3) is 0.188. The van der Waals surface area contributed by atoms with E-state index in [1.165, 1.54) is 0 Å². The second-order valence-electron chi connectivity index (χ2n) is 9.61. The number of fused-ring (bicyclic) bond motifs is 1. The van der Waals surface area contributed by atoms with E-state index in [0.717, 1.165) is 27.8 Å². The average molecular weight is 565 g/mol. The molecule has 0 saturated heterocycles. The molecule has 1 atom stereocenters. The Morgan fingerprint density at radius 3 is 2.50 bits per heavy atom. The standard InChI is InChI=1S/C32H28N4O6/c1-20-24(11-6-12-25(20)23-9-3-2-4-10-23)19-41-29-14-28(40-18-22-8-5-7-21(13-22)15-33)26(30-31(29)36-42-35-30)16-34-27(17-37)32(38)39/h2-14,27,34,37H,16-19H2,1H3,(H,38,39)/t27-/m1/s1. The minimum absolute atomic E-state index is 0.00564. The van der Waals surface area contributed by atoms with Crippen molar-refractivity contribution in [1.29, 1.82) is 5.26 Å². The SMILES string of the molecule is Cc1c(COc2cc(OCc3cccc(C#N)c3)c(CN[C@H](CO)C(=O)O)c3nonc23)cccc1-c1ccccc1. The molecule has 0 spiro atoms. The summed E-state index contributed by atoms with van der Waals surface area (Å²) in [6.45, 7) is 1.80. The highest BCUT2D eigenvalue weighted by atomic mass is 16.6. The predicted molar refractivity (Wildman–Crippen MR) is 154 cm³/mol. The summed E-state index contributed by atoms with van der Waals surface area (Å²) in [5, 5.41) is 39.0. The highest BCUT2D eigenvalue weighted by Crippen LogP contribution is 2.36. The molecule has 0 aliphatic heterocycles. The van der Waals surface area contributed by atoms with E-state index in [9.17, 15) is 20.3 Å². The van der Waals surface area contributed by atoms with Crippen molar-refractivity contribution < 1.29 is 29.1 Å². The van der Waals surface area contributed by atoms with Crippen molar-refractivity contribution in [2.75, 3.05) is 6.61 Å². The van der Waals surface area contributed by atoms with Gasteiger partial charge in [-0.1, -0.05) is 60.7 Å². The predicted octanol–water partition coefficient (Wildman–Crippen LogP) is 4.76. The van der Waals surface area contributed by atoms with Crippen molar-refractivity contribution in [3.63, 3.8) is 0 Å². The number of benzene rings is 4. The number of aromatic nitrogens is 2. The smallest absolute Gasteiger partial charge is 0.323 e. The maximum absolute atomic E-state index is 11.5. The van der Waals surface area contributed by atoms with Crippen molar-refractivity contribution in [2.24, 2.45) is 0 Å². The van der Waals surface area contributed by atoms with Crippen LogP contribution in [0.5, 0.6) is 11.5 Å². The summed E-state index contributed by atoms with van der Waals surface area (Å²) < 4.78 is 17.5. The molecule has 0 saturated carbocycles. The Balaban J connectivity index is 1.47. The number of aliphatic hydroxyl groups is 1. The zero-order valence-corrected chi connectivity index (χ0v) is 22.8. The van der Waals surface area contributed by atoms with Gasteiger partial charge in [0, 0.05) is 18.2 Å². The van der Waals surface area contributed by atoms with Crippen LogP contribution in [0.1, 0.15) is 27.8 Å². The summed E-state index contributed by atoms with van der Waals surface area (Å²) in [7, 11) is 0. The number of aliphatic carboxylic acids is 1. The van der Waals surface area contributed by atoms with E-state index >= 15 is 0 Å². The number of hydrogen-bond donors (Lipinski definition) is 3. The number of nitrogens with one attached hydrogen (secondary N) is 1. The maximum atomic E-state index is 11.5. The van der Waals surface area contributed by atoms with Gasteiger partial charge in [-0.3, -0.25) is 10.1 Å². The van der Waals surface area contributed by atoms with Gasteiger partial charge in [0.05, 0.1) is 18.2 Å². The third-order valence-electron chi connectivity index (χ3n) is 6.94. The average Bonchev–Trinajstić information content (AvgIpc) is 3.51. The molecule has 42 heavy (non-hydrogen) atoms. The molecule has 0 bridgehead atoms. The van der Waals surface area contributed by atoms with Crippen molar-refractivity contribution >= 4 is 17.0 Å². The lowest BCUT2D eigenvalue weighted by molar-refractivity contribution is -0.140. The quantitative estimate of drug-likeness (QED) is 0.193. The number of nitriles is 1. The first-order valence-electron chi connectivity index (χ1n) is 13.2. The van der Waals surface area contributed by atoms with E-state index in [2.05, 4.69) is 39.9 Å². The zero-order chi connectivity index (χ0) is 29.5. The van der Waals surface area contributed by atoms with E-state index in [0.29, 0.717) is 33.7 Å². The molecule has 5 rings (SSSR count). The minimum atomic E-state index is -1.20. The van der Waals surface area contributed by atoms with Crippen LogP contribution in [0.15, 0.2) is 83.5 Å². The van der Waals surface area contributed by atoms with E-state index in [1.807, 2.05) is 43.3 Å². The van der Waals surface area contributed by atoms with Crippen LogP contribution in [0.2, 0.25) is 0 Å². The fourth-order valence-corrected chi connectivity index (χ4v) is 4.62. The molecule has 5 aromatic rings. The monoisotopic (exact) mass is 564 g/mol. The molecule has 0 radical (unpaired) electrons. The van der Waals surface area contributed by atoms with Gasteiger partial charge in [-0.05, 0) is 57.2 Å². The highest BCUT2D eigenvalue weighted by Gasteiger charge is 2.23. The van der Waals surface area contributed by atoms with Gasteiger partial charge < -0.3 is 19.7 Å². The number of carboxylic acids is 1. The molecular weight excluding hydrogens is 536 g/mol. The molecule has 0 aliphatic carbocycles. The minimum Gasteiger partial charge on any atom is -0.488 e. The third kappa shape index (κ3) is 6.23. The van der Waals surface area contributed by atoms with E-state index in [4.69, 9.17) is 14.1 Å². The first-order chi connectivity index (χ1) is 20.5. The van der Waals surface area contributed by atoms with Crippen LogP contribution >= 0.6 is 0 Å². The summed E-state index contributed by atoms with van der Waals surface area (Å²) in [6, 6.07) is 25.8. The molecule has 10 heteroatoms. The molecule has 4 aromatic carbocycles. The number of ether oxygens (including phenoxy) is 2. The lowest BCUT2D eigenvalue weighted by atomic mass is 9.97. The lowest BCUT2D eigenvalue weighted by Gasteiger charge is -2.17. The van der Waals surface area contributed by atoms with Crippen LogP contribution in [0, 0.1) is 18.3 Å². The molecule has 1 heterocycles. The van der Waals surface area contributed by atoms with Gasteiger partial charge in [0.25, 0.3) is 0 Å². The maximum Gasteiger partial charge on any atom is 0.323 e. The van der Waals surface area contributed by atoms with Crippen LogP contribution in [-0.2, 0) is 24.6 Å². The fourth-order valence-electron chi connectivity index (χ4n) is 4.62. The van der Waals surface area contributed by atoms with E-state index in [-0.39, 0.29) is 19.8 Å². The van der Waals surface area contributed by atoms with Gasteiger partial charge >= 0.3 is 5.97 Å². The molecule has 0 aliphatic rings. The van der Waals surface area contributed by atoms with E-state index in [1.54, 1.807) is 24.3 Å². The van der Waals surface area contributed by atoms with Gasteiger partial charge in [-0.2, -0.15) is 5.26 Å². The summed E-state index contributed by atoms with van der Waals surface area (Å²) in [6.07, 6.45) is 0. The normalized spacial score (nSPS) is 11.6. The molecular formula is C32H28N4O6. The number of carbonyl (C=O) groups is 1. The van der Waals surface area contributed by atoms with Crippen molar-refractivity contribution in [2.45, 2.75) is 32.7 Å². The Kier molecular flexibility index (Phi) is 8.72. The molecule has 3 N–H and O–H groups in total. The Bertz CT molecular complexity index is 1750. The van der Waals surface area contributed by atoms with Gasteiger partial charge in [0.2, 0.25) is 0 Å². The highest BCUT2D eigenvalue weighted by molar-refractivity contribution is 5.86. The van der Waals surface area contributed by atoms with Gasteiger partial charge in [-0.25, -0.2) is 4.63 Å². The zero-order valence-electron chi connectivity index (χ0n) is 22.8. The van der Waals surface area contributed by atoms with Crippen molar-refractivity contribution in [3.05, 3.63) is 107 Å². The number of carboxylic acid groups (broad SMARTS) is 1. The molecule has 212 valence electrons. The molecule has 0 amide bonds. The van der Waals surface area contributed by atoms with E-state index < -0.39 is 18.6 Å². The third-order valence-corrected chi connectivity index (χ3v) is 6.94. The van der Waals surface area contributed by atoms with Gasteiger partial charge in [-0.15, -0.1) is 0 Å².